The average Bonchev–Trinajstić information content (AvgIpc) is 3.31. The van der Waals surface area contributed by atoms with Gasteiger partial charge in [-0.3, -0.25) is 4.79 Å². The number of nitrogens with one attached hydrogen (secondary N) is 1. The van der Waals surface area contributed by atoms with Crippen LogP contribution in [0, 0.1) is 0 Å². The third-order valence-corrected chi connectivity index (χ3v) is 4.99. The first-order valence-corrected chi connectivity index (χ1v) is 8.88. The van der Waals surface area contributed by atoms with Crippen molar-refractivity contribution in [1.82, 2.24) is 24.8 Å². The van der Waals surface area contributed by atoms with Crippen molar-refractivity contribution in [1.29, 1.82) is 0 Å². The highest BCUT2D eigenvalue weighted by atomic mass is 16.3. The lowest BCUT2D eigenvalue weighted by molar-refractivity contribution is -0.121. The summed E-state index contributed by atoms with van der Waals surface area (Å²) >= 11 is 0. The first-order chi connectivity index (χ1) is 12.6. The molecule has 1 fully saturated rings. The van der Waals surface area contributed by atoms with Crippen LogP contribution in [0.5, 0.6) is 0 Å². The summed E-state index contributed by atoms with van der Waals surface area (Å²) in [7, 11) is 4.07. The van der Waals surface area contributed by atoms with Crippen molar-refractivity contribution in [2.75, 3.05) is 20.1 Å². The van der Waals surface area contributed by atoms with Crippen LogP contribution in [0.1, 0.15) is 23.9 Å². The van der Waals surface area contributed by atoms with Gasteiger partial charge in [0, 0.05) is 50.8 Å². The number of nitrogens with zero attached hydrogens (tertiary/aromatic N) is 4. The smallest absolute Gasteiger partial charge is 0.220 e. The highest BCUT2D eigenvalue weighted by Crippen LogP contribution is 2.26. The standard InChI is InChI=1S/C19H23N5O2/c1-23-10-13(16-9-20-12-24(16)2)15(11-23)21-18(25)7-8-19-22-14-5-3-4-6-17(14)26-19/h3-6,9,12-13,15H,7-8,10-11H2,1-2H3,(H,21,25)/t13-,15-/m1/s1. The molecular formula is C19H23N5O2. The van der Waals surface area contributed by atoms with Gasteiger partial charge in [-0.15, -0.1) is 0 Å². The molecule has 3 aromatic rings. The number of rotatable bonds is 5. The maximum absolute atomic E-state index is 12.5. The molecule has 1 amide bonds. The minimum atomic E-state index is 0.0275. The quantitative estimate of drug-likeness (QED) is 0.756. The zero-order valence-corrected chi connectivity index (χ0v) is 15.1. The molecule has 0 aliphatic carbocycles. The van der Waals surface area contributed by atoms with Crippen molar-refractivity contribution in [2.24, 2.45) is 7.05 Å². The number of hydrogen-bond donors (Lipinski definition) is 1. The molecule has 1 aliphatic rings. The van der Waals surface area contributed by atoms with Crippen LogP contribution in [-0.4, -0.2) is 51.5 Å². The second-order valence-corrected chi connectivity index (χ2v) is 7.01. The van der Waals surface area contributed by atoms with Crippen LogP contribution >= 0.6 is 0 Å². The minimum absolute atomic E-state index is 0.0275. The Labute approximate surface area is 152 Å². The van der Waals surface area contributed by atoms with Gasteiger partial charge < -0.3 is 19.2 Å². The Bertz CT molecular complexity index is 882. The van der Waals surface area contributed by atoms with Crippen LogP contribution in [-0.2, 0) is 18.3 Å². The summed E-state index contributed by atoms with van der Waals surface area (Å²) in [5.41, 5.74) is 2.74. The number of oxazole rings is 1. The fourth-order valence-electron chi connectivity index (χ4n) is 3.70. The zero-order valence-electron chi connectivity index (χ0n) is 15.1. The van der Waals surface area contributed by atoms with Crippen LogP contribution in [0.25, 0.3) is 11.1 Å². The first kappa shape index (κ1) is 16.8. The van der Waals surface area contributed by atoms with E-state index in [0.29, 0.717) is 18.7 Å². The molecule has 1 aromatic carbocycles. The summed E-state index contributed by atoms with van der Waals surface area (Å²) < 4.78 is 7.72. The molecule has 0 bridgehead atoms. The summed E-state index contributed by atoms with van der Waals surface area (Å²) in [6, 6.07) is 7.73. The molecule has 4 rings (SSSR count). The molecule has 3 heterocycles. The molecule has 2 atom stereocenters. The monoisotopic (exact) mass is 353 g/mol. The number of fused-ring (bicyclic) bond motifs is 1. The number of likely N-dealkylation sites (tertiary alicyclic amines) is 1. The molecule has 0 unspecified atom stereocenters. The molecule has 7 heteroatoms. The van der Waals surface area contributed by atoms with Gasteiger partial charge in [0.25, 0.3) is 0 Å². The van der Waals surface area contributed by atoms with Crippen LogP contribution < -0.4 is 5.32 Å². The fraction of sp³-hybridized carbons (Fsp3) is 0.421. The van der Waals surface area contributed by atoms with Gasteiger partial charge in [0.05, 0.1) is 12.4 Å². The lowest BCUT2D eigenvalue weighted by Gasteiger charge is -2.20. The van der Waals surface area contributed by atoms with E-state index in [1.54, 1.807) is 6.33 Å². The maximum atomic E-state index is 12.5. The minimum Gasteiger partial charge on any atom is -0.441 e. The van der Waals surface area contributed by atoms with Crippen molar-refractivity contribution >= 4 is 17.0 Å². The topological polar surface area (TPSA) is 76.2 Å². The number of benzene rings is 1. The molecule has 0 spiro atoms. The van der Waals surface area contributed by atoms with E-state index >= 15 is 0 Å². The van der Waals surface area contributed by atoms with Crippen LogP contribution in [0.3, 0.4) is 0 Å². The second kappa shape index (κ2) is 6.92. The van der Waals surface area contributed by atoms with Crippen molar-refractivity contribution in [3.8, 4) is 0 Å². The predicted molar refractivity (Wildman–Crippen MR) is 97.7 cm³/mol. The van der Waals surface area contributed by atoms with Crippen LogP contribution in [0.15, 0.2) is 41.2 Å². The molecule has 1 saturated heterocycles. The summed E-state index contributed by atoms with van der Waals surface area (Å²) in [4.78, 5) is 23.4. The van der Waals surface area contributed by atoms with Gasteiger partial charge >= 0.3 is 0 Å². The van der Waals surface area contributed by atoms with Gasteiger partial charge in [0.1, 0.15) is 5.52 Å². The first-order valence-electron chi connectivity index (χ1n) is 8.88. The van der Waals surface area contributed by atoms with E-state index in [1.807, 2.05) is 42.1 Å². The number of para-hydroxylation sites is 2. The van der Waals surface area contributed by atoms with Gasteiger partial charge in [-0.1, -0.05) is 12.1 Å². The zero-order chi connectivity index (χ0) is 18.1. The molecule has 0 saturated carbocycles. The normalized spacial score (nSPS) is 20.7. The van der Waals surface area contributed by atoms with E-state index < -0.39 is 0 Å². The van der Waals surface area contributed by atoms with E-state index in [4.69, 9.17) is 4.42 Å². The lowest BCUT2D eigenvalue weighted by Crippen LogP contribution is -2.40. The molecule has 2 aromatic heterocycles. The summed E-state index contributed by atoms with van der Waals surface area (Å²) in [5.74, 6) is 0.883. The number of carbonyl (C=O) groups is 1. The van der Waals surface area contributed by atoms with Gasteiger partial charge in [-0.25, -0.2) is 9.97 Å². The Balaban J connectivity index is 1.38. The Kier molecular flexibility index (Phi) is 4.46. The number of carbonyl (C=O) groups excluding carboxylic acids is 1. The second-order valence-electron chi connectivity index (χ2n) is 7.01. The summed E-state index contributed by atoms with van der Waals surface area (Å²) in [6.07, 6.45) is 4.56. The van der Waals surface area contributed by atoms with Crippen molar-refractivity contribution in [3.63, 3.8) is 0 Å². The van der Waals surface area contributed by atoms with Gasteiger partial charge in [-0.05, 0) is 19.2 Å². The molecule has 26 heavy (non-hydrogen) atoms. The number of likely N-dealkylation sites (N-methyl/N-ethyl adjacent to an activating group) is 1. The number of hydrogen-bond acceptors (Lipinski definition) is 5. The largest absolute Gasteiger partial charge is 0.441 e. The number of amides is 1. The SMILES string of the molecule is CN1C[C@@H](NC(=O)CCc2nc3ccccc3o2)[C@H](c2cncn2C)C1. The summed E-state index contributed by atoms with van der Waals surface area (Å²) in [5, 5.41) is 3.19. The van der Waals surface area contributed by atoms with Gasteiger partial charge in [0.2, 0.25) is 5.91 Å². The average molecular weight is 353 g/mol. The van der Waals surface area contributed by atoms with Crippen molar-refractivity contribution in [2.45, 2.75) is 24.8 Å². The maximum Gasteiger partial charge on any atom is 0.220 e. The molecular weight excluding hydrogens is 330 g/mol. The highest BCUT2D eigenvalue weighted by Gasteiger charge is 2.34. The fourth-order valence-corrected chi connectivity index (χ4v) is 3.70. The molecule has 7 nitrogen and oxygen atoms in total. The number of aryl methyl sites for hydroxylation is 2. The number of aromatic nitrogens is 3. The Morgan fingerprint density at radius 1 is 1.31 bits per heavy atom. The highest BCUT2D eigenvalue weighted by molar-refractivity contribution is 5.77. The van der Waals surface area contributed by atoms with Crippen molar-refractivity contribution < 1.29 is 9.21 Å². The predicted octanol–water partition coefficient (Wildman–Crippen LogP) is 1.71. The van der Waals surface area contributed by atoms with Crippen LogP contribution in [0.2, 0.25) is 0 Å². The molecule has 1 N–H and O–H groups in total. The van der Waals surface area contributed by atoms with E-state index in [-0.39, 0.29) is 17.9 Å². The molecule has 0 radical (unpaired) electrons. The lowest BCUT2D eigenvalue weighted by atomic mass is 10.00. The van der Waals surface area contributed by atoms with Crippen molar-refractivity contribution in [3.05, 3.63) is 48.4 Å². The molecule has 1 aliphatic heterocycles. The van der Waals surface area contributed by atoms with E-state index in [0.717, 1.165) is 29.9 Å². The Hall–Kier alpha value is -2.67. The number of imidazole rings is 1. The van der Waals surface area contributed by atoms with Crippen LogP contribution in [0.4, 0.5) is 0 Å². The van der Waals surface area contributed by atoms with E-state index in [1.165, 1.54) is 0 Å². The third-order valence-electron chi connectivity index (χ3n) is 4.99. The molecule has 136 valence electrons. The summed E-state index contributed by atoms with van der Waals surface area (Å²) in [6.45, 7) is 1.75. The Morgan fingerprint density at radius 3 is 2.92 bits per heavy atom. The Morgan fingerprint density at radius 2 is 2.15 bits per heavy atom. The third kappa shape index (κ3) is 3.35. The van der Waals surface area contributed by atoms with Gasteiger partial charge in [0.15, 0.2) is 11.5 Å². The van der Waals surface area contributed by atoms with E-state index in [2.05, 4.69) is 27.2 Å². The van der Waals surface area contributed by atoms with Gasteiger partial charge in [-0.2, -0.15) is 0 Å². The van der Waals surface area contributed by atoms with E-state index in [9.17, 15) is 4.79 Å².